The summed E-state index contributed by atoms with van der Waals surface area (Å²) in [5.41, 5.74) is 3.82. The largest absolute Gasteiger partial charge is 0.349 e. The SMILES string of the molecule is Cc1nc(C2CCCN(C(=O)CCc3ccccc3)C2)nc(C)c1CC(=O)N(C)C. The fraction of sp³-hybridized carbons (Fsp3) is 0.500. The van der Waals surface area contributed by atoms with Crippen LogP contribution in [0.3, 0.4) is 0 Å². The molecule has 1 saturated heterocycles. The molecule has 0 radical (unpaired) electrons. The minimum absolute atomic E-state index is 0.0467. The maximum atomic E-state index is 12.8. The molecule has 0 N–H and O–H groups in total. The van der Waals surface area contributed by atoms with Crippen LogP contribution in [0.25, 0.3) is 0 Å². The number of carbonyl (C=O) groups is 2. The Morgan fingerprint density at radius 3 is 2.40 bits per heavy atom. The van der Waals surface area contributed by atoms with Crippen molar-refractivity contribution in [3.63, 3.8) is 0 Å². The van der Waals surface area contributed by atoms with Crippen LogP contribution in [0.15, 0.2) is 30.3 Å². The molecule has 3 rings (SSSR count). The highest BCUT2D eigenvalue weighted by molar-refractivity contribution is 5.78. The van der Waals surface area contributed by atoms with Gasteiger partial charge in [-0.3, -0.25) is 9.59 Å². The van der Waals surface area contributed by atoms with E-state index in [0.717, 1.165) is 48.6 Å². The van der Waals surface area contributed by atoms with Crippen LogP contribution in [-0.2, 0) is 22.4 Å². The molecule has 30 heavy (non-hydrogen) atoms. The Hall–Kier alpha value is -2.76. The van der Waals surface area contributed by atoms with E-state index < -0.39 is 0 Å². The van der Waals surface area contributed by atoms with Crippen molar-refractivity contribution in [2.75, 3.05) is 27.2 Å². The molecule has 2 aromatic rings. The summed E-state index contributed by atoms with van der Waals surface area (Å²) in [6, 6.07) is 10.1. The first kappa shape index (κ1) is 21.9. The van der Waals surface area contributed by atoms with Gasteiger partial charge in [-0.1, -0.05) is 30.3 Å². The van der Waals surface area contributed by atoms with E-state index in [2.05, 4.69) is 12.1 Å². The Bertz CT molecular complexity index is 872. The summed E-state index contributed by atoms with van der Waals surface area (Å²) >= 11 is 0. The van der Waals surface area contributed by atoms with Crippen LogP contribution in [0, 0.1) is 13.8 Å². The summed E-state index contributed by atoms with van der Waals surface area (Å²) in [5.74, 6) is 1.19. The number of benzene rings is 1. The van der Waals surface area contributed by atoms with Crippen LogP contribution in [0.4, 0.5) is 0 Å². The number of rotatable bonds is 6. The quantitative estimate of drug-likeness (QED) is 0.737. The van der Waals surface area contributed by atoms with E-state index in [1.165, 1.54) is 5.56 Å². The van der Waals surface area contributed by atoms with Gasteiger partial charge in [-0.15, -0.1) is 0 Å². The van der Waals surface area contributed by atoms with Crippen molar-refractivity contribution in [3.8, 4) is 0 Å². The number of aromatic nitrogens is 2. The van der Waals surface area contributed by atoms with Crippen LogP contribution in [0.2, 0.25) is 0 Å². The Morgan fingerprint density at radius 2 is 1.77 bits per heavy atom. The molecule has 1 aromatic carbocycles. The predicted octanol–water partition coefficient (Wildman–Crippen LogP) is 3.06. The highest BCUT2D eigenvalue weighted by Crippen LogP contribution is 2.26. The van der Waals surface area contributed by atoms with E-state index in [0.29, 0.717) is 19.4 Å². The number of piperidine rings is 1. The van der Waals surface area contributed by atoms with E-state index in [-0.39, 0.29) is 17.7 Å². The molecule has 0 bridgehead atoms. The van der Waals surface area contributed by atoms with Crippen LogP contribution in [-0.4, -0.2) is 58.8 Å². The lowest BCUT2D eigenvalue weighted by atomic mass is 9.95. The summed E-state index contributed by atoms with van der Waals surface area (Å²) in [7, 11) is 3.52. The number of nitrogens with zero attached hydrogens (tertiary/aromatic N) is 4. The van der Waals surface area contributed by atoms with Gasteiger partial charge in [0.05, 0.1) is 6.42 Å². The lowest BCUT2D eigenvalue weighted by Gasteiger charge is -2.32. The smallest absolute Gasteiger partial charge is 0.226 e. The van der Waals surface area contributed by atoms with Gasteiger partial charge in [0.25, 0.3) is 0 Å². The number of likely N-dealkylation sites (N-methyl/N-ethyl adjacent to an activating group) is 1. The van der Waals surface area contributed by atoms with Gasteiger partial charge in [-0.2, -0.15) is 0 Å². The number of aryl methyl sites for hydroxylation is 3. The van der Waals surface area contributed by atoms with Gasteiger partial charge in [-0.25, -0.2) is 9.97 Å². The van der Waals surface area contributed by atoms with Crippen molar-refractivity contribution in [2.45, 2.75) is 51.9 Å². The third-order valence-electron chi connectivity index (χ3n) is 5.87. The molecular formula is C24H32N4O2. The molecule has 1 aromatic heterocycles. The second-order valence-corrected chi connectivity index (χ2v) is 8.36. The van der Waals surface area contributed by atoms with E-state index in [1.807, 2.05) is 36.9 Å². The highest BCUT2D eigenvalue weighted by atomic mass is 16.2. The predicted molar refractivity (Wildman–Crippen MR) is 117 cm³/mol. The normalized spacial score (nSPS) is 16.4. The van der Waals surface area contributed by atoms with Crippen molar-refractivity contribution in [1.82, 2.24) is 19.8 Å². The fourth-order valence-electron chi connectivity index (χ4n) is 3.98. The van der Waals surface area contributed by atoms with Crippen LogP contribution in [0.1, 0.15) is 53.5 Å². The summed E-state index contributed by atoms with van der Waals surface area (Å²) in [6.45, 7) is 5.37. The number of carbonyl (C=O) groups excluding carboxylic acids is 2. The molecule has 160 valence electrons. The molecule has 6 heteroatoms. The molecule has 2 heterocycles. The van der Waals surface area contributed by atoms with Crippen LogP contribution in [0.5, 0.6) is 0 Å². The average molecular weight is 409 g/mol. The molecule has 6 nitrogen and oxygen atoms in total. The van der Waals surface area contributed by atoms with Crippen LogP contribution < -0.4 is 0 Å². The van der Waals surface area contributed by atoms with Gasteiger partial charge in [-0.05, 0) is 38.7 Å². The molecule has 0 spiro atoms. The Labute approximate surface area is 179 Å². The molecule has 0 saturated carbocycles. The topological polar surface area (TPSA) is 66.4 Å². The first-order valence-electron chi connectivity index (χ1n) is 10.7. The summed E-state index contributed by atoms with van der Waals surface area (Å²) in [4.78, 5) is 37.9. The molecular weight excluding hydrogens is 376 g/mol. The average Bonchev–Trinajstić information content (AvgIpc) is 2.75. The molecule has 0 aliphatic carbocycles. The Balaban J connectivity index is 1.66. The number of likely N-dealkylation sites (tertiary alicyclic amines) is 1. The molecule has 1 atom stereocenters. The third-order valence-corrected chi connectivity index (χ3v) is 5.87. The first-order valence-corrected chi connectivity index (χ1v) is 10.7. The molecule has 1 aliphatic rings. The van der Waals surface area contributed by atoms with Crippen molar-refractivity contribution >= 4 is 11.8 Å². The van der Waals surface area contributed by atoms with Crippen molar-refractivity contribution in [2.24, 2.45) is 0 Å². The van der Waals surface area contributed by atoms with Gasteiger partial charge in [0.15, 0.2) is 0 Å². The Morgan fingerprint density at radius 1 is 1.10 bits per heavy atom. The second-order valence-electron chi connectivity index (χ2n) is 8.36. The summed E-state index contributed by atoms with van der Waals surface area (Å²) < 4.78 is 0. The minimum Gasteiger partial charge on any atom is -0.349 e. The lowest BCUT2D eigenvalue weighted by Crippen LogP contribution is -2.39. The lowest BCUT2D eigenvalue weighted by molar-refractivity contribution is -0.132. The first-order chi connectivity index (χ1) is 14.3. The van der Waals surface area contributed by atoms with Crippen molar-refractivity contribution < 1.29 is 9.59 Å². The minimum atomic E-state index is 0.0467. The standard InChI is InChI=1S/C24H32N4O2/c1-17-21(15-23(30)27(3)4)18(2)26-24(25-17)20-11-8-14-28(16-20)22(29)13-12-19-9-6-5-7-10-19/h5-7,9-10,20H,8,11-16H2,1-4H3. The zero-order valence-electron chi connectivity index (χ0n) is 18.5. The van der Waals surface area contributed by atoms with Crippen molar-refractivity contribution in [1.29, 1.82) is 0 Å². The number of amides is 2. The molecule has 2 amide bonds. The van der Waals surface area contributed by atoms with Crippen molar-refractivity contribution in [3.05, 3.63) is 58.7 Å². The Kier molecular flexibility index (Phi) is 7.19. The van der Waals surface area contributed by atoms with E-state index >= 15 is 0 Å². The van der Waals surface area contributed by atoms with E-state index in [4.69, 9.17) is 9.97 Å². The monoisotopic (exact) mass is 408 g/mol. The third kappa shape index (κ3) is 5.43. The van der Waals surface area contributed by atoms with Gasteiger partial charge in [0, 0.05) is 56.5 Å². The molecule has 1 aliphatic heterocycles. The summed E-state index contributed by atoms with van der Waals surface area (Å²) in [6.07, 6.45) is 3.56. The number of hydrogen-bond donors (Lipinski definition) is 0. The van der Waals surface area contributed by atoms with Gasteiger partial charge >= 0.3 is 0 Å². The van der Waals surface area contributed by atoms with E-state index in [1.54, 1.807) is 19.0 Å². The summed E-state index contributed by atoms with van der Waals surface area (Å²) in [5, 5.41) is 0. The molecule has 1 fully saturated rings. The maximum Gasteiger partial charge on any atom is 0.226 e. The van der Waals surface area contributed by atoms with Gasteiger partial charge in [0.1, 0.15) is 5.82 Å². The molecule has 1 unspecified atom stereocenters. The zero-order valence-corrected chi connectivity index (χ0v) is 18.5. The van der Waals surface area contributed by atoms with Crippen LogP contribution >= 0.6 is 0 Å². The maximum absolute atomic E-state index is 12.8. The number of hydrogen-bond acceptors (Lipinski definition) is 4. The second kappa shape index (κ2) is 9.83. The fourth-order valence-corrected chi connectivity index (χ4v) is 3.98. The highest BCUT2D eigenvalue weighted by Gasteiger charge is 2.27. The van der Waals surface area contributed by atoms with Gasteiger partial charge < -0.3 is 9.80 Å². The van der Waals surface area contributed by atoms with Gasteiger partial charge in [0.2, 0.25) is 11.8 Å². The van der Waals surface area contributed by atoms with E-state index in [9.17, 15) is 9.59 Å². The zero-order chi connectivity index (χ0) is 21.7.